The Kier molecular flexibility index (Phi) is 3.96. The van der Waals surface area contributed by atoms with Crippen molar-refractivity contribution < 1.29 is 4.74 Å². The quantitative estimate of drug-likeness (QED) is 0.838. The Balaban J connectivity index is 1.95. The van der Waals surface area contributed by atoms with Crippen molar-refractivity contribution in [1.29, 1.82) is 0 Å². The average Bonchev–Trinajstić information content (AvgIpc) is 2.78. The van der Waals surface area contributed by atoms with Crippen molar-refractivity contribution in [2.45, 2.75) is 32.2 Å². The van der Waals surface area contributed by atoms with Gasteiger partial charge in [-0.1, -0.05) is 6.92 Å². The molecule has 1 atom stereocenters. The summed E-state index contributed by atoms with van der Waals surface area (Å²) in [6.45, 7) is 4.63. The third kappa shape index (κ3) is 2.83. The predicted molar refractivity (Wildman–Crippen MR) is 63.2 cm³/mol. The van der Waals surface area contributed by atoms with Crippen molar-refractivity contribution >= 4 is 0 Å². The van der Waals surface area contributed by atoms with Crippen LogP contribution in [0.4, 0.5) is 0 Å². The zero-order valence-corrected chi connectivity index (χ0v) is 9.93. The van der Waals surface area contributed by atoms with Gasteiger partial charge in [0, 0.05) is 19.4 Å². The molecule has 1 aliphatic heterocycles. The van der Waals surface area contributed by atoms with E-state index in [1.54, 1.807) is 0 Å². The molecule has 1 aliphatic rings. The highest BCUT2D eigenvalue weighted by atomic mass is 16.5. The molecule has 0 amide bonds. The van der Waals surface area contributed by atoms with Crippen molar-refractivity contribution in [3.8, 4) is 0 Å². The molecule has 4 nitrogen and oxygen atoms in total. The van der Waals surface area contributed by atoms with Gasteiger partial charge in [-0.15, -0.1) is 0 Å². The molecule has 0 aliphatic carbocycles. The molecule has 2 N–H and O–H groups in total. The van der Waals surface area contributed by atoms with E-state index >= 15 is 0 Å². The topological polar surface area (TPSA) is 53.1 Å². The summed E-state index contributed by atoms with van der Waals surface area (Å²) in [6, 6.07) is 0.524. The van der Waals surface area contributed by atoms with E-state index in [0.717, 1.165) is 39.0 Å². The number of nitrogens with two attached hydrogens (primary N) is 1. The van der Waals surface area contributed by atoms with E-state index in [2.05, 4.69) is 22.9 Å². The average molecular weight is 223 g/mol. The molecule has 0 bridgehead atoms. The molecule has 4 heteroatoms. The van der Waals surface area contributed by atoms with Crippen molar-refractivity contribution in [2.75, 3.05) is 19.8 Å². The maximum absolute atomic E-state index is 5.63. The Bertz CT molecular complexity index is 318. The Morgan fingerprint density at radius 2 is 2.31 bits per heavy atom. The smallest absolute Gasteiger partial charge is 0.0563 e. The number of nitrogens with zero attached hydrogens (tertiary/aromatic N) is 2. The molecule has 90 valence electrons. The summed E-state index contributed by atoms with van der Waals surface area (Å²) in [5.41, 5.74) is 6.92. The summed E-state index contributed by atoms with van der Waals surface area (Å²) in [5, 5.41) is 4.45. The first-order valence-electron chi connectivity index (χ1n) is 6.10. The van der Waals surface area contributed by atoms with Gasteiger partial charge in [-0.3, -0.25) is 4.68 Å². The molecule has 1 fully saturated rings. The van der Waals surface area contributed by atoms with E-state index in [4.69, 9.17) is 10.5 Å². The molecule has 1 saturated heterocycles. The number of ether oxygens (including phenoxy) is 1. The highest BCUT2D eigenvalue weighted by Gasteiger charge is 2.16. The van der Waals surface area contributed by atoms with Crippen LogP contribution >= 0.6 is 0 Å². The van der Waals surface area contributed by atoms with Crippen molar-refractivity contribution in [2.24, 2.45) is 11.7 Å². The minimum atomic E-state index is 0.524. The second kappa shape index (κ2) is 5.46. The third-order valence-electron chi connectivity index (χ3n) is 3.21. The summed E-state index contributed by atoms with van der Waals surface area (Å²) in [6.07, 6.45) is 7.32. The van der Waals surface area contributed by atoms with Gasteiger partial charge < -0.3 is 10.5 Å². The van der Waals surface area contributed by atoms with Crippen LogP contribution in [-0.4, -0.2) is 29.5 Å². The van der Waals surface area contributed by atoms with Gasteiger partial charge in [0.25, 0.3) is 0 Å². The van der Waals surface area contributed by atoms with Crippen LogP contribution in [0.15, 0.2) is 12.4 Å². The van der Waals surface area contributed by atoms with Gasteiger partial charge in [-0.25, -0.2) is 0 Å². The second-order valence-corrected chi connectivity index (χ2v) is 4.72. The van der Waals surface area contributed by atoms with Crippen LogP contribution in [0, 0.1) is 5.92 Å². The van der Waals surface area contributed by atoms with Crippen LogP contribution in [0.1, 0.15) is 31.4 Å². The highest BCUT2D eigenvalue weighted by Crippen LogP contribution is 2.20. The van der Waals surface area contributed by atoms with Gasteiger partial charge in [0.1, 0.15) is 0 Å². The number of rotatable bonds is 4. The fourth-order valence-electron chi connectivity index (χ4n) is 2.12. The van der Waals surface area contributed by atoms with Gasteiger partial charge in [0.2, 0.25) is 0 Å². The molecule has 2 rings (SSSR count). The predicted octanol–water partition coefficient (Wildman–Crippen LogP) is 1.37. The molecule has 1 aromatic rings. The van der Waals surface area contributed by atoms with E-state index in [1.165, 1.54) is 5.56 Å². The molecule has 0 spiro atoms. The number of hydrogen-bond acceptors (Lipinski definition) is 3. The molecule has 1 aromatic heterocycles. The van der Waals surface area contributed by atoms with Crippen LogP contribution in [0.5, 0.6) is 0 Å². The molecule has 16 heavy (non-hydrogen) atoms. The van der Waals surface area contributed by atoms with Gasteiger partial charge in [0.15, 0.2) is 0 Å². The lowest BCUT2D eigenvalue weighted by Gasteiger charge is -2.22. The fourth-order valence-corrected chi connectivity index (χ4v) is 2.12. The minimum absolute atomic E-state index is 0.524. The van der Waals surface area contributed by atoms with Crippen molar-refractivity contribution in [3.63, 3.8) is 0 Å². The Hall–Kier alpha value is -0.870. The second-order valence-electron chi connectivity index (χ2n) is 4.72. The first-order chi connectivity index (χ1) is 7.79. The summed E-state index contributed by atoms with van der Waals surface area (Å²) in [7, 11) is 0. The van der Waals surface area contributed by atoms with Gasteiger partial charge in [-0.05, 0) is 37.3 Å². The van der Waals surface area contributed by atoms with Crippen molar-refractivity contribution in [1.82, 2.24) is 9.78 Å². The van der Waals surface area contributed by atoms with E-state index in [-0.39, 0.29) is 0 Å². The maximum Gasteiger partial charge on any atom is 0.0563 e. The molecule has 0 aromatic carbocycles. The normalized spacial score (nSPS) is 19.9. The Morgan fingerprint density at radius 1 is 1.56 bits per heavy atom. The number of aromatic nitrogens is 2. The Labute approximate surface area is 96.8 Å². The van der Waals surface area contributed by atoms with Crippen molar-refractivity contribution in [3.05, 3.63) is 18.0 Å². The molecule has 2 heterocycles. The largest absolute Gasteiger partial charge is 0.381 e. The molecule has 1 unspecified atom stereocenters. The van der Waals surface area contributed by atoms with Gasteiger partial charge in [-0.2, -0.15) is 5.10 Å². The zero-order valence-electron chi connectivity index (χ0n) is 9.93. The zero-order chi connectivity index (χ0) is 11.4. The van der Waals surface area contributed by atoms with Crippen LogP contribution in [-0.2, 0) is 11.2 Å². The lowest BCUT2D eigenvalue weighted by atomic mass is 10.0. The van der Waals surface area contributed by atoms with E-state index in [1.807, 2.05) is 6.20 Å². The highest BCUT2D eigenvalue weighted by molar-refractivity contribution is 5.05. The fraction of sp³-hybridized carbons (Fsp3) is 0.750. The molecular weight excluding hydrogens is 202 g/mol. The Morgan fingerprint density at radius 3 is 3.00 bits per heavy atom. The van der Waals surface area contributed by atoms with Crippen LogP contribution < -0.4 is 5.73 Å². The lowest BCUT2D eigenvalue weighted by Crippen LogP contribution is -2.19. The van der Waals surface area contributed by atoms with E-state index in [9.17, 15) is 0 Å². The number of hydrogen-bond donors (Lipinski definition) is 1. The monoisotopic (exact) mass is 223 g/mol. The van der Waals surface area contributed by atoms with Crippen LogP contribution in [0.25, 0.3) is 0 Å². The third-order valence-corrected chi connectivity index (χ3v) is 3.21. The summed E-state index contributed by atoms with van der Waals surface area (Å²) in [5.74, 6) is 0.535. The van der Waals surface area contributed by atoms with Gasteiger partial charge in [0.05, 0.1) is 12.2 Å². The van der Waals surface area contributed by atoms with E-state index < -0.39 is 0 Å². The molecule has 0 saturated carbocycles. The first kappa shape index (κ1) is 11.6. The summed E-state index contributed by atoms with van der Waals surface area (Å²) < 4.78 is 7.45. The maximum atomic E-state index is 5.63. The van der Waals surface area contributed by atoms with E-state index in [0.29, 0.717) is 12.0 Å². The summed E-state index contributed by atoms with van der Waals surface area (Å²) in [4.78, 5) is 0. The molecular formula is C12H21N3O. The van der Waals surface area contributed by atoms with Crippen LogP contribution in [0.3, 0.4) is 0 Å². The lowest BCUT2D eigenvalue weighted by molar-refractivity contribution is 0.0662. The van der Waals surface area contributed by atoms with Crippen LogP contribution in [0.2, 0.25) is 0 Å². The first-order valence-corrected chi connectivity index (χ1v) is 6.10. The molecule has 0 radical (unpaired) electrons. The summed E-state index contributed by atoms with van der Waals surface area (Å²) >= 11 is 0. The SMILES string of the molecule is CC(CN)Cc1cnn(C2CCOCC2)c1. The van der Waals surface area contributed by atoms with Gasteiger partial charge >= 0.3 is 0 Å². The standard InChI is InChI=1S/C12H21N3O/c1-10(7-13)6-11-8-14-15(9-11)12-2-4-16-5-3-12/h8-10,12H,2-7,13H2,1H3. The minimum Gasteiger partial charge on any atom is -0.381 e.